The molecule has 0 amide bonds. The van der Waals surface area contributed by atoms with E-state index in [2.05, 4.69) is 5.32 Å². The zero-order valence-corrected chi connectivity index (χ0v) is 11.2. The standard InChI is InChI=1S/C15H14ClF2N/c1-10(8-11-2-4-12(16)5-3-11)19-13-6-7-14(17)15(18)9-13/h2-7,9-10,19H,8H2,1H3. The van der Waals surface area contributed by atoms with Crippen LogP contribution in [-0.4, -0.2) is 6.04 Å². The maximum Gasteiger partial charge on any atom is 0.160 e. The summed E-state index contributed by atoms with van der Waals surface area (Å²) in [6.07, 6.45) is 0.774. The lowest BCUT2D eigenvalue weighted by molar-refractivity contribution is 0.509. The summed E-state index contributed by atoms with van der Waals surface area (Å²) in [5.74, 6) is -1.68. The van der Waals surface area contributed by atoms with Crippen LogP contribution < -0.4 is 5.32 Å². The van der Waals surface area contributed by atoms with E-state index < -0.39 is 11.6 Å². The zero-order valence-electron chi connectivity index (χ0n) is 10.5. The quantitative estimate of drug-likeness (QED) is 0.859. The Morgan fingerprint density at radius 3 is 2.37 bits per heavy atom. The Labute approximate surface area is 116 Å². The fourth-order valence-corrected chi connectivity index (χ4v) is 2.02. The summed E-state index contributed by atoms with van der Waals surface area (Å²) in [5, 5.41) is 3.83. The fraction of sp³-hybridized carbons (Fsp3) is 0.200. The van der Waals surface area contributed by atoms with E-state index in [0.29, 0.717) is 10.7 Å². The molecule has 0 saturated heterocycles. The van der Waals surface area contributed by atoms with E-state index in [0.717, 1.165) is 24.1 Å². The van der Waals surface area contributed by atoms with Gasteiger partial charge in [0.1, 0.15) is 0 Å². The van der Waals surface area contributed by atoms with Crippen LogP contribution in [0.2, 0.25) is 5.02 Å². The summed E-state index contributed by atoms with van der Waals surface area (Å²) in [5.41, 5.74) is 1.70. The normalized spacial score (nSPS) is 12.2. The molecule has 0 saturated carbocycles. The van der Waals surface area contributed by atoms with Gasteiger partial charge < -0.3 is 5.32 Å². The monoisotopic (exact) mass is 281 g/mol. The third-order valence-electron chi connectivity index (χ3n) is 2.79. The number of benzene rings is 2. The molecule has 1 atom stereocenters. The summed E-state index contributed by atoms with van der Waals surface area (Å²) >= 11 is 5.82. The fourth-order valence-electron chi connectivity index (χ4n) is 1.90. The molecule has 2 rings (SSSR count). The predicted octanol–water partition coefficient (Wildman–Crippen LogP) is 4.66. The summed E-state index contributed by atoms with van der Waals surface area (Å²) in [4.78, 5) is 0. The van der Waals surface area contributed by atoms with Crippen molar-refractivity contribution in [2.75, 3.05) is 5.32 Å². The highest BCUT2D eigenvalue weighted by atomic mass is 35.5. The van der Waals surface area contributed by atoms with Gasteiger partial charge in [-0.25, -0.2) is 8.78 Å². The van der Waals surface area contributed by atoms with Gasteiger partial charge in [-0.2, -0.15) is 0 Å². The predicted molar refractivity (Wildman–Crippen MR) is 74.6 cm³/mol. The minimum atomic E-state index is -0.844. The van der Waals surface area contributed by atoms with Crippen LogP contribution in [-0.2, 0) is 6.42 Å². The number of hydrogen-bond donors (Lipinski definition) is 1. The van der Waals surface area contributed by atoms with E-state index in [1.54, 1.807) is 0 Å². The molecule has 2 aromatic carbocycles. The van der Waals surface area contributed by atoms with Gasteiger partial charge >= 0.3 is 0 Å². The Bertz CT molecular complexity index is 555. The molecule has 0 aliphatic heterocycles. The summed E-state index contributed by atoms with van der Waals surface area (Å²) in [6.45, 7) is 1.98. The number of nitrogens with one attached hydrogen (secondary N) is 1. The van der Waals surface area contributed by atoms with Crippen LogP contribution in [0.25, 0.3) is 0 Å². The lowest BCUT2D eigenvalue weighted by Crippen LogP contribution is -2.18. The van der Waals surface area contributed by atoms with Crippen molar-refractivity contribution in [1.82, 2.24) is 0 Å². The molecule has 1 nitrogen and oxygen atoms in total. The number of hydrogen-bond acceptors (Lipinski definition) is 1. The lowest BCUT2D eigenvalue weighted by Gasteiger charge is -2.15. The number of rotatable bonds is 4. The maximum atomic E-state index is 13.1. The van der Waals surface area contributed by atoms with Crippen LogP contribution in [0.15, 0.2) is 42.5 Å². The van der Waals surface area contributed by atoms with Gasteiger partial charge in [-0.05, 0) is 43.2 Å². The second-order valence-corrected chi connectivity index (χ2v) is 4.94. The van der Waals surface area contributed by atoms with Crippen molar-refractivity contribution in [2.45, 2.75) is 19.4 Å². The number of anilines is 1. The Morgan fingerprint density at radius 1 is 1.05 bits per heavy atom. The molecule has 0 bridgehead atoms. The largest absolute Gasteiger partial charge is 0.382 e. The van der Waals surface area contributed by atoms with E-state index >= 15 is 0 Å². The van der Waals surface area contributed by atoms with Crippen LogP contribution in [0.5, 0.6) is 0 Å². The second kappa shape index (κ2) is 6.02. The van der Waals surface area contributed by atoms with Gasteiger partial charge in [0, 0.05) is 22.8 Å². The molecule has 4 heteroatoms. The first-order valence-corrected chi connectivity index (χ1v) is 6.38. The van der Waals surface area contributed by atoms with Crippen LogP contribution in [0, 0.1) is 11.6 Å². The molecule has 1 unspecified atom stereocenters. The van der Waals surface area contributed by atoms with Gasteiger partial charge in [-0.1, -0.05) is 23.7 Å². The van der Waals surface area contributed by atoms with E-state index in [1.165, 1.54) is 6.07 Å². The highest BCUT2D eigenvalue weighted by molar-refractivity contribution is 6.30. The first kappa shape index (κ1) is 13.8. The molecule has 1 N–H and O–H groups in total. The third-order valence-corrected chi connectivity index (χ3v) is 3.04. The van der Waals surface area contributed by atoms with Gasteiger partial charge in [0.05, 0.1) is 0 Å². The Balaban J connectivity index is 1.98. The SMILES string of the molecule is CC(Cc1ccc(Cl)cc1)Nc1ccc(F)c(F)c1. The van der Waals surface area contributed by atoms with Crippen molar-refractivity contribution in [3.8, 4) is 0 Å². The van der Waals surface area contributed by atoms with Crippen molar-refractivity contribution in [3.05, 3.63) is 64.7 Å². The van der Waals surface area contributed by atoms with Gasteiger partial charge in [0.15, 0.2) is 11.6 Å². The molecule has 0 aromatic heterocycles. The van der Waals surface area contributed by atoms with E-state index in [-0.39, 0.29) is 6.04 Å². The topological polar surface area (TPSA) is 12.0 Å². The molecule has 2 aromatic rings. The highest BCUT2D eigenvalue weighted by Gasteiger charge is 2.06. The van der Waals surface area contributed by atoms with Crippen molar-refractivity contribution in [3.63, 3.8) is 0 Å². The van der Waals surface area contributed by atoms with Crippen LogP contribution >= 0.6 is 11.6 Å². The van der Waals surface area contributed by atoms with Crippen molar-refractivity contribution < 1.29 is 8.78 Å². The van der Waals surface area contributed by atoms with Gasteiger partial charge in [-0.3, -0.25) is 0 Å². The van der Waals surface area contributed by atoms with E-state index in [4.69, 9.17) is 11.6 Å². The van der Waals surface area contributed by atoms with Crippen molar-refractivity contribution in [1.29, 1.82) is 0 Å². The molecule has 0 spiro atoms. The van der Waals surface area contributed by atoms with Crippen LogP contribution in [0.3, 0.4) is 0 Å². The second-order valence-electron chi connectivity index (χ2n) is 4.50. The first-order valence-electron chi connectivity index (χ1n) is 6.00. The molecule has 100 valence electrons. The van der Waals surface area contributed by atoms with Gasteiger partial charge in [-0.15, -0.1) is 0 Å². The average Bonchev–Trinajstić information content (AvgIpc) is 2.37. The Morgan fingerprint density at radius 2 is 1.74 bits per heavy atom. The van der Waals surface area contributed by atoms with Crippen molar-refractivity contribution in [2.24, 2.45) is 0 Å². The smallest absolute Gasteiger partial charge is 0.160 e. The van der Waals surface area contributed by atoms with Gasteiger partial charge in [0.25, 0.3) is 0 Å². The zero-order chi connectivity index (χ0) is 13.8. The molecule has 0 heterocycles. The van der Waals surface area contributed by atoms with Gasteiger partial charge in [0.2, 0.25) is 0 Å². The average molecular weight is 282 g/mol. The van der Waals surface area contributed by atoms with Crippen molar-refractivity contribution >= 4 is 17.3 Å². The first-order chi connectivity index (χ1) is 9.04. The molecule has 19 heavy (non-hydrogen) atoms. The number of halogens is 3. The highest BCUT2D eigenvalue weighted by Crippen LogP contribution is 2.16. The minimum Gasteiger partial charge on any atom is -0.382 e. The Kier molecular flexibility index (Phi) is 4.38. The molecule has 0 aliphatic carbocycles. The Hall–Kier alpha value is -1.61. The van der Waals surface area contributed by atoms with Crippen LogP contribution in [0.4, 0.5) is 14.5 Å². The summed E-state index contributed by atoms with van der Waals surface area (Å²) in [6, 6.07) is 11.5. The molecular formula is C15H14ClF2N. The molecule has 0 fully saturated rings. The lowest BCUT2D eigenvalue weighted by atomic mass is 10.1. The van der Waals surface area contributed by atoms with E-state index in [9.17, 15) is 8.78 Å². The molecular weight excluding hydrogens is 268 g/mol. The maximum absolute atomic E-state index is 13.1. The van der Waals surface area contributed by atoms with E-state index in [1.807, 2.05) is 31.2 Å². The summed E-state index contributed by atoms with van der Waals surface area (Å²) < 4.78 is 25.9. The summed E-state index contributed by atoms with van der Waals surface area (Å²) in [7, 11) is 0. The van der Waals surface area contributed by atoms with Crippen LogP contribution in [0.1, 0.15) is 12.5 Å². The molecule has 0 radical (unpaired) electrons. The molecule has 0 aliphatic rings. The minimum absolute atomic E-state index is 0.103. The third kappa shape index (κ3) is 3.93.